The first kappa shape index (κ1) is 20.8. The molecule has 0 aliphatic carbocycles. The molecular formula is C22H29N5O2. The van der Waals surface area contributed by atoms with Crippen LogP contribution >= 0.6 is 0 Å². The van der Waals surface area contributed by atoms with Gasteiger partial charge in [0.15, 0.2) is 0 Å². The highest BCUT2D eigenvalue weighted by molar-refractivity contribution is 6.35. The second kappa shape index (κ2) is 10.0. The largest absolute Gasteiger partial charge is 0.378 e. The van der Waals surface area contributed by atoms with Crippen molar-refractivity contribution in [2.45, 2.75) is 25.4 Å². The van der Waals surface area contributed by atoms with E-state index in [9.17, 15) is 9.59 Å². The fourth-order valence-corrected chi connectivity index (χ4v) is 3.53. The number of hydrogen-bond donors (Lipinski definition) is 2. The molecule has 1 aromatic heterocycles. The van der Waals surface area contributed by atoms with E-state index in [4.69, 9.17) is 0 Å². The molecule has 1 fully saturated rings. The fourth-order valence-electron chi connectivity index (χ4n) is 3.53. The van der Waals surface area contributed by atoms with Gasteiger partial charge >= 0.3 is 11.8 Å². The zero-order chi connectivity index (χ0) is 20.6. The number of carbonyl (C=O) groups excluding carboxylic acids is 2. The molecule has 3 rings (SSSR count). The molecule has 1 saturated heterocycles. The van der Waals surface area contributed by atoms with Crippen molar-refractivity contribution in [1.29, 1.82) is 0 Å². The van der Waals surface area contributed by atoms with Crippen LogP contribution in [-0.2, 0) is 16.1 Å². The first-order valence-electron chi connectivity index (χ1n) is 10.0. The first-order chi connectivity index (χ1) is 14.0. The zero-order valence-corrected chi connectivity index (χ0v) is 17.1. The van der Waals surface area contributed by atoms with E-state index in [1.165, 1.54) is 0 Å². The molecule has 0 unspecified atom stereocenters. The van der Waals surface area contributed by atoms with E-state index in [0.717, 1.165) is 37.2 Å². The highest BCUT2D eigenvalue weighted by atomic mass is 16.2. The topological polar surface area (TPSA) is 77.6 Å². The normalized spacial score (nSPS) is 15.0. The van der Waals surface area contributed by atoms with Gasteiger partial charge in [0.1, 0.15) is 0 Å². The Morgan fingerprint density at radius 1 is 1.03 bits per heavy atom. The summed E-state index contributed by atoms with van der Waals surface area (Å²) in [5.41, 5.74) is 2.99. The number of anilines is 1. The predicted molar refractivity (Wildman–Crippen MR) is 113 cm³/mol. The number of aromatic nitrogens is 1. The van der Waals surface area contributed by atoms with Crippen molar-refractivity contribution in [3.8, 4) is 0 Å². The number of rotatable bonds is 7. The van der Waals surface area contributed by atoms with Crippen LogP contribution in [0, 0.1) is 0 Å². The Hall–Kier alpha value is -2.93. The highest BCUT2D eigenvalue weighted by Crippen LogP contribution is 2.26. The second-order valence-electron chi connectivity index (χ2n) is 7.46. The summed E-state index contributed by atoms with van der Waals surface area (Å²) in [4.78, 5) is 33.0. The minimum absolute atomic E-state index is 0.0567. The summed E-state index contributed by atoms with van der Waals surface area (Å²) < 4.78 is 0. The molecule has 2 heterocycles. The molecule has 154 valence electrons. The number of amides is 2. The number of pyridine rings is 1. The van der Waals surface area contributed by atoms with Crippen molar-refractivity contribution in [3.63, 3.8) is 0 Å². The van der Waals surface area contributed by atoms with Gasteiger partial charge in [0, 0.05) is 32.5 Å². The molecule has 0 radical (unpaired) electrons. The number of benzene rings is 1. The van der Waals surface area contributed by atoms with E-state index in [0.29, 0.717) is 12.2 Å². The summed E-state index contributed by atoms with van der Waals surface area (Å²) in [5, 5.41) is 5.43. The van der Waals surface area contributed by atoms with Crippen molar-refractivity contribution in [3.05, 3.63) is 59.9 Å². The second-order valence-corrected chi connectivity index (χ2v) is 7.46. The molecule has 1 aliphatic heterocycles. The maximum absolute atomic E-state index is 12.3. The van der Waals surface area contributed by atoms with Gasteiger partial charge in [-0.15, -0.1) is 0 Å². The van der Waals surface area contributed by atoms with Gasteiger partial charge in [-0.05, 0) is 55.8 Å². The lowest BCUT2D eigenvalue weighted by Gasteiger charge is -2.28. The quantitative estimate of drug-likeness (QED) is 0.698. The summed E-state index contributed by atoms with van der Waals surface area (Å²) in [7, 11) is 4.02. The molecular weight excluding hydrogens is 366 g/mol. The van der Waals surface area contributed by atoms with Crippen molar-refractivity contribution in [2.75, 3.05) is 38.6 Å². The van der Waals surface area contributed by atoms with Gasteiger partial charge in [-0.1, -0.05) is 18.2 Å². The zero-order valence-electron chi connectivity index (χ0n) is 17.1. The lowest BCUT2D eigenvalue weighted by molar-refractivity contribution is -0.139. The Kier molecular flexibility index (Phi) is 7.19. The average molecular weight is 396 g/mol. The lowest BCUT2D eigenvalue weighted by atomic mass is 10.0. The molecule has 1 aromatic carbocycles. The third kappa shape index (κ3) is 5.77. The van der Waals surface area contributed by atoms with Crippen LogP contribution in [0.1, 0.15) is 30.1 Å². The van der Waals surface area contributed by atoms with Crippen LogP contribution in [0.15, 0.2) is 48.7 Å². The van der Waals surface area contributed by atoms with Crippen molar-refractivity contribution >= 4 is 17.5 Å². The van der Waals surface area contributed by atoms with Crippen LogP contribution < -0.4 is 15.5 Å². The molecule has 1 atom stereocenters. The third-order valence-corrected chi connectivity index (χ3v) is 5.19. The van der Waals surface area contributed by atoms with E-state index in [-0.39, 0.29) is 12.6 Å². The Bertz CT molecular complexity index is 802. The minimum atomic E-state index is -0.640. The summed E-state index contributed by atoms with van der Waals surface area (Å²) in [6.07, 6.45) is 3.97. The minimum Gasteiger partial charge on any atom is -0.378 e. The molecule has 0 saturated carbocycles. The molecule has 29 heavy (non-hydrogen) atoms. The highest BCUT2D eigenvalue weighted by Gasteiger charge is 2.25. The van der Waals surface area contributed by atoms with Gasteiger partial charge in [-0.2, -0.15) is 0 Å². The van der Waals surface area contributed by atoms with Gasteiger partial charge in [-0.3, -0.25) is 19.5 Å². The Morgan fingerprint density at radius 2 is 1.72 bits per heavy atom. The lowest BCUT2D eigenvalue weighted by Crippen LogP contribution is -2.43. The molecule has 2 amide bonds. The third-order valence-electron chi connectivity index (χ3n) is 5.19. The molecule has 2 aromatic rings. The van der Waals surface area contributed by atoms with Gasteiger partial charge in [-0.25, -0.2) is 0 Å². The van der Waals surface area contributed by atoms with Gasteiger partial charge in [0.25, 0.3) is 0 Å². The number of nitrogens with zero attached hydrogens (tertiary/aromatic N) is 3. The Labute approximate surface area is 172 Å². The van der Waals surface area contributed by atoms with Gasteiger partial charge < -0.3 is 15.5 Å². The monoisotopic (exact) mass is 395 g/mol. The number of nitrogens with one attached hydrogen (secondary N) is 2. The van der Waals surface area contributed by atoms with Crippen LogP contribution in [0.5, 0.6) is 0 Å². The number of likely N-dealkylation sites (tertiary alicyclic amines) is 1. The maximum Gasteiger partial charge on any atom is 0.309 e. The van der Waals surface area contributed by atoms with Crippen LogP contribution in [0.4, 0.5) is 5.69 Å². The fraction of sp³-hybridized carbons (Fsp3) is 0.409. The molecule has 7 heteroatoms. The molecule has 0 spiro atoms. The summed E-state index contributed by atoms with van der Waals surface area (Å²) in [6, 6.07) is 13.9. The summed E-state index contributed by atoms with van der Waals surface area (Å²) in [5.74, 6) is -1.26. The Balaban J connectivity index is 1.59. The summed E-state index contributed by atoms with van der Waals surface area (Å²) in [6.45, 7) is 2.63. The van der Waals surface area contributed by atoms with E-state index in [1.54, 1.807) is 12.3 Å². The first-order valence-corrected chi connectivity index (χ1v) is 10.0. The van der Waals surface area contributed by atoms with Crippen molar-refractivity contribution in [1.82, 2.24) is 20.5 Å². The van der Waals surface area contributed by atoms with E-state index >= 15 is 0 Å². The molecule has 7 nitrogen and oxygen atoms in total. The maximum atomic E-state index is 12.3. The molecule has 1 aliphatic rings. The van der Waals surface area contributed by atoms with Crippen LogP contribution in [0.3, 0.4) is 0 Å². The van der Waals surface area contributed by atoms with Gasteiger partial charge in [0.05, 0.1) is 18.3 Å². The average Bonchev–Trinajstić information content (AvgIpc) is 3.27. The SMILES string of the molecule is CN(C)c1ccc([C@@H](CNC(=O)C(=O)NCc2ccccn2)N2CCCC2)cc1. The van der Waals surface area contributed by atoms with Crippen molar-refractivity contribution in [2.24, 2.45) is 0 Å². The predicted octanol–water partition coefficient (Wildman–Crippen LogP) is 1.72. The van der Waals surface area contributed by atoms with Crippen LogP contribution in [0.2, 0.25) is 0 Å². The smallest absolute Gasteiger partial charge is 0.309 e. The Morgan fingerprint density at radius 3 is 2.34 bits per heavy atom. The van der Waals surface area contributed by atoms with Crippen molar-refractivity contribution < 1.29 is 9.59 Å². The summed E-state index contributed by atoms with van der Waals surface area (Å²) >= 11 is 0. The van der Waals surface area contributed by atoms with E-state index in [1.807, 2.05) is 26.2 Å². The van der Waals surface area contributed by atoms with Crippen LogP contribution in [-0.4, -0.2) is 55.4 Å². The standard InChI is InChI=1S/C22H29N5O2/c1-26(2)19-10-8-17(9-11-19)20(27-13-5-6-14-27)16-25-22(29)21(28)24-15-18-7-3-4-12-23-18/h3-4,7-12,20H,5-6,13-16H2,1-2H3,(H,24,28)(H,25,29)/t20-/m1/s1. The number of hydrogen-bond acceptors (Lipinski definition) is 5. The number of carbonyl (C=O) groups is 2. The van der Waals surface area contributed by atoms with Gasteiger partial charge in [0.2, 0.25) is 0 Å². The molecule has 2 N–H and O–H groups in total. The van der Waals surface area contributed by atoms with E-state index in [2.05, 4.69) is 49.7 Å². The van der Waals surface area contributed by atoms with E-state index < -0.39 is 11.8 Å². The molecule has 0 bridgehead atoms. The van der Waals surface area contributed by atoms with Crippen LogP contribution in [0.25, 0.3) is 0 Å².